The second-order valence-corrected chi connectivity index (χ2v) is 5.53. The molecule has 2 amide bonds. The highest BCUT2D eigenvalue weighted by atomic mass is 16.5. The van der Waals surface area contributed by atoms with Gasteiger partial charge in [-0.05, 0) is 45.4 Å². The molecular formula is C15H24N2O3. The lowest BCUT2D eigenvalue weighted by molar-refractivity contribution is 0.0550. The maximum atomic E-state index is 12.1. The van der Waals surface area contributed by atoms with E-state index in [1.165, 1.54) is 4.90 Å². The first kappa shape index (κ1) is 16.3. The quantitative estimate of drug-likeness (QED) is 0.871. The van der Waals surface area contributed by atoms with E-state index in [9.17, 15) is 9.90 Å². The largest absolute Gasteiger partial charge is 0.492 e. The molecule has 2 N–H and O–H groups in total. The van der Waals surface area contributed by atoms with Crippen LogP contribution in [0.3, 0.4) is 0 Å². The van der Waals surface area contributed by atoms with E-state index in [-0.39, 0.29) is 12.6 Å². The molecule has 1 rings (SSSR count). The zero-order valence-electron chi connectivity index (χ0n) is 12.9. The number of aryl methyl sites for hydroxylation is 1. The summed E-state index contributed by atoms with van der Waals surface area (Å²) >= 11 is 0. The number of urea groups is 1. The van der Waals surface area contributed by atoms with Crippen LogP contribution in [0.5, 0.6) is 5.75 Å². The van der Waals surface area contributed by atoms with Crippen molar-refractivity contribution in [2.24, 2.45) is 0 Å². The van der Waals surface area contributed by atoms with Gasteiger partial charge in [0, 0.05) is 7.05 Å². The predicted octanol–water partition coefficient (Wildman–Crippen LogP) is 2.63. The highest BCUT2D eigenvalue weighted by Gasteiger charge is 2.20. The molecule has 0 atom stereocenters. The molecule has 0 aliphatic carbocycles. The maximum absolute atomic E-state index is 12.1. The number of carbonyl (C=O) groups excluding carboxylic acids is 1. The number of likely N-dealkylation sites (N-methyl/N-ethyl adjacent to an activating group) is 1. The van der Waals surface area contributed by atoms with Crippen molar-refractivity contribution in [2.45, 2.75) is 33.3 Å². The normalized spacial score (nSPS) is 11.1. The number of benzene rings is 1. The average Bonchev–Trinajstić information content (AvgIpc) is 2.30. The third kappa shape index (κ3) is 5.09. The molecule has 0 heterocycles. The Balaban J connectivity index is 2.79. The summed E-state index contributed by atoms with van der Waals surface area (Å²) in [7, 11) is 1.64. The minimum Gasteiger partial charge on any atom is -0.492 e. The van der Waals surface area contributed by atoms with Crippen molar-refractivity contribution >= 4 is 11.7 Å². The second kappa shape index (κ2) is 6.61. The van der Waals surface area contributed by atoms with Crippen molar-refractivity contribution in [2.75, 3.05) is 25.5 Å². The summed E-state index contributed by atoms with van der Waals surface area (Å²) < 4.78 is 5.52. The molecule has 0 aliphatic rings. The van der Waals surface area contributed by atoms with Crippen LogP contribution < -0.4 is 10.1 Å². The molecule has 0 radical (unpaired) electrons. The first-order chi connectivity index (χ1) is 9.23. The van der Waals surface area contributed by atoms with Crippen LogP contribution in [0.2, 0.25) is 0 Å². The Morgan fingerprint density at radius 3 is 2.65 bits per heavy atom. The van der Waals surface area contributed by atoms with Crippen LogP contribution in [0.4, 0.5) is 10.5 Å². The van der Waals surface area contributed by atoms with Crippen molar-refractivity contribution in [3.05, 3.63) is 23.8 Å². The fourth-order valence-electron chi connectivity index (χ4n) is 1.87. The fourth-order valence-corrected chi connectivity index (χ4v) is 1.87. The first-order valence-electron chi connectivity index (χ1n) is 6.71. The zero-order chi connectivity index (χ0) is 15.3. The molecule has 0 fully saturated rings. The Kier molecular flexibility index (Phi) is 5.39. The van der Waals surface area contributed by atoms with Gasteiger partial charge in [0.1, 0.15) is 5.75 Å². The van der Waals surface area contributed by atoms with E-state index in [0.29, 0.717) is 18.0 Å². The van der Waals surface area contributed by atoms with Crippen LogP contribution in [0.1, 0.15) is 26.3 Å². The van der Waals surface area contributed by atoms with Gasteiger partial charge in [-0.2, -0.15) is 0 Å². The van der Waals surface area contributed by atoms with Crippen LogP contribution in [0, 0.1) is 6.92 Å². The standard InChI is InChI=1S/C15H24N2O3/c1-6-20-13-9-11(2)7-8-12(13)16-14(18)17(5)10-15(3,4)19/h7-9,19H,6,10H2,1-5H3,(H,16,18). The lowest BCUT2D eigenvalue weighted by atomic mass is 10.1. The van der Waals surface area contributed by atoms with Gasteiger partial charge in [-0.25, -0.2) is 4.79 Å². The molecule has 0 saturated carbocycles. The van der Waals surface area contributed by atoms with E-state index in [0.717, 1.165) is 5.56 Å². The van der Waals surface area contributed by atoms with Crippen molar-refractivity contribution in [1.29, 1.82) is 0 Å². The monoisotopic (exact) mass is 280 g/mol. The predicted molar refractivity (Wildman–Crippen MR) is 80.3 cm³/mol. The third-order valence-electron chi connectivity index (χ3n) is 2.65. The number of hydrogen-bond donors (Lipinski definition) is 2. The average molecular weight is 280 g/mol. The maximum Gasteiger partial charge on any atom is 0.321 e. The number of rotatable bonds is 5. The summed E-state index contributed by atoms with van der Waals surface area (Å²) in [5, 5.41) is 12.5. The molecule has 0 unspecified atom stereocenters. The van der Waals surface area contributed by atoms with Crippen LogP contribution in [-0.4, -0.2) is 41.8 Å². The molecule has 0 spiro atoms. The van der Waals surface area contributed by atoms with Crippen LogP contribution >= 0.6 is 0 Å². The SMILES string of the molecule is CCOc1cc(C)ccc1NC(=O)N(C)CC(C)(C)O. The number of nitrogens with zero attached hydrogens (tertiary/aromatic N) is 1. The zero-order valence-corrected chi connectivity index (χ0v) is 12.9. The van der Waals surface area contributed by atoms with E-state index >= 15 is 0 Å². The molecule has 0 saturated heterocycles. The summed E-state index contributed by atoms with van der Waals surface area (Å²) in [4.78, 5) is 13.5. The Labute approximate surface area is 120 Å². The molecule has 0 bridgehead atoms. The molecule has 112 valence electrons. The summed E-state index contributed by atoms with van der Waals surface area (Å²) in [6, 6.07) is 5.33. The van der Waals surface area contributed by atoms with Gasteiger partial charge in [0.25, 0.3) is 0 Å². The Morgan fingerprint density at radius 2 is 2.10 bits per heavy atom. The van der Waals surface area contributed by atoms with E-state index in [1.54, 1.807) is 20.9 Å². The smallest absolute Gasteiger partial charge is 0.321 e. The minimum absolute atomic E-state index is 0.245. The number of hydrogen-bond acceptors (Lipinski definition) is 3. The summed E-state index contributed by atoms with van der Waals surface area (Å²) in [6.45, 7) is 7.96. The van der Waals surface area contributed by atoms with Gasteiger partial charge in [-0.3, -0.25) is 0 Å². The van der Waals surface area contributed by atoms with Crippen molar-refractivity contribution in [1.82, 2.24) is 4.90 Å². The lowest BCUT2D eigenvalue weighted by Gasteiger charge is -2.26. The van der Waals surface area contributed by atoms with E-state index in [4.69, 9.17) is 4.74 Å². The van der Waals surface area contributed by atoms with Gasteiger partial charge in [-0.15, -0.1) is 0 Å². The van der Waals surface area contributed by atoms with Crippen LogP contribution in [0.25, 0.3) is 0 Å². The van der Waals surface area contributed by atoms with E-state index in [1.807, 2.05) is 32.0 Å². The number of anilines is 1. The van der Waals surface area contributed by atoms with Gasteiger partial charge < -0.3 is 20.1 Å². The molecule has 5 nitrogen and oxygen atoms in total. The van der Waals surface area contributed by atoms with Crippen molar-refractivity contribution < 1.29 is 14.6 Å². The molecule has 20 heavy (non-hydrogen) atoms. The topological polar surface area (TPSA) is 61.8 Å². The minimum atomic E-state index is -0.928. The number of carbonyl (C=O) groups is 1. The second-order valence-electron chi connectivity index (χ2n) is 5.53. The van der Waals surface area contributed by atoms with E-state index < -0.39 is 5.60 Å². The van der Waals surface area contributed by atoms with Crippen molar-refractivity contribution in [3.8, 4) is 5.75 Å². The van der Waals surface area contributed by atoms with Gasteiger partial charge in [0.2, 0.25) is 0 Å². The molecular weight excluding hydrogens is 256 g/mol. The lowest BCUT2D eigenvalue weighted by Crippen LogP contribution is -2.41. The molecule has 0 aromatic heterocycles. The summed E-state index contributed by atoms with van der Waals surface area (Å²) in [6.07, 6.45) is 0. The summed E-state index contributed by atoms with van der Waals surface area (Å²) in [5.41, 5.74) is 0.767. The number of nitrogens with one attached hydrogen (secondary N) is 1. The van der Waals surface area contributed by atoms with E-state index in [2.05, 4.69) is 5.32 Å². The molecule has 1 aromatic carbocycles. The third-order valence-corrected chi connectivity index (χ3v) is 2.65. The number of ether oxygens (including phenoxy) is 1. The number of aliphatic hydroxyl groups is 1. The van der Waals surface area contributed by atoms with Crippen LogP contribution in [-0.2, 0) is 0 Å². The first-order valence-corrected chi connectivity index (χ1v) is 6.71. The molecule has 0 aliphatic heterocycles. The van der Waals surface area contributed by atoms with Crippen LogP contribution in [0.15, 0.2) is 18.2 Å². The molecule has 1 aromatic rings. The highest BCUT2D eigenvalue weighted by molar-refractivity contribution is 5.90. The molecule has 5 heteroatoms. The Hall–Kier alpha value is -1.75. The van der Waals surface area contributed by atoms with Gasteiger partial charge >= 0.3 is 6.03 Å². The van der Waals surface area contributed by atoms with Gasteiger partial charge in [0.05, 0.1) is 24.4 Å². The Morgan fingerprint density at radius 1 is 1.45 bits per heavy atom. The van der Waals surface area contributed by atoms with Gasteiger partial charge in [0.15, 0.2) is 0 Å². The number of amides is 2. The fraction of sp³-hybridized carbons (Fsp3) is 0.533. The van der Waals surface area contributed by atoms with Gasteiger partial charge in [-0.1, -0.05) is 6.07 Å². The van der Waals surface area contributed by atoms with Crippen molar-refractivity contribution in [3.63, 3.8) is 0 Å². The summed E-state index contributed by atoms with van der Waals surface area (Å²) in [5.74, 6) is 0.650. The highest BCUT2D eigenvalue weighted by Crippen LogP contribution is 2.26. The Bertz CT molecular complexity index is 467.